The van der Waals surface area contributed by atoms with E-state index in [0.29, 0.717) is 28.3 Å². The Hall–Kier alpha value is -3.56. The van der Waals surface area contributed by atoms with Crippen molar-refractivity contribution in [3.63, 3.8) is 0 Å². The average molecular weight is 507 g/mol. The molecule has 4 heterocycles. The Kier molecular flexibility index (Phi) is 7.11. The number of aromatic amines is 1. The van der Waals surface area contributed by atoms with Crippen molar-refractivity contribution in [2.75, 3.05) is 23.7 Å². The molecule has 1 fully saturated rings. The van der Waals surface area contributed by atoms with Gasteiger partial charge in [0, 0.05) is 24.5 Å². The van der Waals surface area contributed by atoms with Crippen LogP contribution in [0.2, 0.25) is 5.02 Å². The molecule has 0 atom stereocenters. The molecule has 3 N–H and O–H groups in total. The molecule has 5 rings (SSSR count). The van der Waals surface area contributed by atoms with E-state index >= 15 is 4.39 Å². The van der Waals surface area contributed by atoms with Gasteiger partial charge < -0.3 is 10.6 Å². The third-order valence-corrected chi connectivity index (χ3v) is 6.71. The number of nitrogens with one attached hydrogen (secondary N) is 3. The maximum atomic E-state index is 15.2. The Morgan fingerprint density at radius 1 is 1.11 bits per heavy atom. The highest BCUT2D eigenvalue weighted by atomic mass is 35.5. The summed E-state index contributed by atoms with van der Waals surface area (Å²) in [5, 5.41) is 13.4. The SMILES string of the molecule is Cc1cc(Nc2nc(Nc3cc(C)c(C4CCN(Cc5ccccn5)CC4)cc3F)ncc2Cl)n[nH]1. The van der Waals surface area contributed by atoms with Crippen molar-refractivity contribution in [2.45, 2.75) is 39.2 Å². The fourth-order valence-electron chi connectivity index (χ4n) is 4.59. The van der Waals surface area contributed by atoms with Crippen molar-refractivity contribution in [2.24, 2.45) is 0 Å². The maximum absolute atomic E-state index is 15.2. The van der Waals surface area contributed by atoms with Crippen LogP contribution in [0.5, 0.6) is 0 Å². The summed E-state index contributed by atoms with van der Waals surface area (Å²) < 4.78 is 15.2. The Labute approximate surface area is 214 Å². The van der Waals surface area contributed by atoms with E-state index < -0.39 is 0 Å². The second-order valence-corrected chi connectivity index (χ2v) is 9.54. The van der Waals surface area contributed by atoms with Crippen LogP contribution in [0, 0.1) is 19.7 Å². The largest absolute Gasteiger partial charge is 0.322 e. The van der Waals surface area contributed by atoms with E-state index in [1.165, 1.54) is 6.20 Å². The van der Waals surface area contributed by atoms with E-state index in [9.17, 15) is 0 Å². The first-order valence-electron chi connectivity index (χ1n) is 12.0. The van der Waals surface area contributed by atoms with Gasteiger partial charge in [0.25, 0.3) is 0 Å². The van der Waals surface area contributed by atoms with E-state index in [4.69, 9.17) is 11.6 Å². The van der Waals surface area contributed by atoms with E-state index in [0.717, 1.165) is 55.0 Å². The van der Waals surface area contributed by atoms with Crippen molar-refractivity contribution in [1.29, 1.82) is 0 Å². The molecule has 0 aliphatic carbocycles. The summed E-state index contributed by atoms with van der Waals surface area (Å²) in [6.45, 7) is 6.70. The van der Waals surface area contributed by atoms with Crippen LogP contribution < -0.4 is 10.6 Å². The minimum atomic E-state index is -0.331. The number of pyridine rings is 1. The van der Waals surface area contributed by atoms with Crippen molar-refractivity contribution >= 4 is 34.9 Å². The van der Waals surface area contributed by atoms with Crippen LogP contribution >= 0.6 is 11.6 Å². The molecule has 3 aromatic heterocycles. The molecule has 0 bridgehead atoms. The van der Waals surface area contributed by atoms with Crippen LogP contribution in [-0.4, -0.2) is 43.1 Å². The number of aryl methyl sites for hydroxylation is 2. The lowest BCUT2D eigenvalue weighted by molar-refractivity contribution is 0.202. The van der Waals surface area contributed by atoms with Gasteiger partial charge in [0.1, 0.15) is 10.8 Å². The summed E-state index contributed by atoms with van der Waals surface area (Å²) in [6, 6.07) is 11.3. The molecule has 186 valence electrons. The normalized spacial score (nSPS) is 14.7. The van der Waals surface area contributed by atoms with Crippen molar-refractivity contribution in [3.05, 3.63) is 82.1 Å². The molecule has 0 unspecified atom stereocenters. The van der Waals surface area contributed by atoms with Crippen LogP contribution in [0.15, 0.2) is 48.8 Å². The molecule has 1 saturated heterocycles. The number of aromatic nitrogens is 5. The first-order valence-corrected chi connectivity index (χ1v) is 12.3. The maximum Gasteiger partial charge on any atom is 0.229 e. The second kappa shape index (κ2) is 10.6. The van der Waals surface area contributed by atoms with Crippen LogP contribution in [0.1, 0.15) is 41.3 Å². The molecule has 36 heavy (non-hydrogen) atoms. The van der Waals surface area contributed by atoms with Gasteiger partial charge in [-0.1, -0.05) is 17.7 Å². The number of H-pyrrole nitrogens is 1. The zero-order valence-corrected chi connectivity index (χ0v) is 21.0. The molecular weight excluding hydrogens is 479 g/mol. The van der Waals surface area contributed by atoms with Crippen LogP contribution in [0.4, 0.5) is 27.7 Å². The van der Waals surface area contributed by atoms with Gasteiger partial charge in [-0.15, -0.1) is 0 Å². The van der Waals surface area contributed by atoms with Gasteiger partial charge in [-0.05, 0) is 81.1 Å². The summed E-state index contributed by atoms with van der Waals surface area (Å²) in [5.41, 5.74) is 4.41. The van der Waals surface area contributed by atoms with E-state index in [1.54, 1.807) is 6.07 Å². The number of halogens is 2. The molecule has 1 aliphatic rings. The molecule has 8 nitrogen and oxygen atoms in total. The molecule has 1 aromatic carbocycles. The highest BCUT2D eigenvalue weighted by Crippen LogP contribution is 2.34. The molecule has 0 saturated carbocycles. The monoisotopic (exact) mass is 506 g/mol. The highest BCUT2D eigenvalue weighted by molar-refractivity contribution is 6.32. The number of rotatable bonds is 7. The lowest BCUT2D eigenvalue weighted by Crippen LogP contribution is -2.33. The Morgan fingerprint density at radius 2 is 1.94 bits per heavy atom. The standard InChI is InChI=1S/C26H28ClFN8/c1-16-11-23(31-26-30-14-21(27)25(33-26)32-24-12-17(2)34-35-24)22(28)13-20(16)18-6-9-36(10-7-18)15-19-5-3-4-8-29-19/h3-5,8,11-14,18H,6-7,9-10,15H2,1-2H3,(H3,30,31,32,33,34,35). The first-order chi connectivity index (χ1) is 17.4. The third-order valence-electron chi connectivity index (χ3n) is 6.44. The number of benzene rings is 1. The Balaban J connectivity index is 1.25. The Morgan fingerprint density at radius 3 is 2.67 bits per heavy atom. The summed E-state index contributed by atoms with van der Waals surface area (Å²) in [7, 11) is 0. The van der Waals surface area contributed by atoms with Crippen LogP contribution in [0.3, 0.4) is 0 Å². The zero-order chi connectivity index (χ0) is 25.1. The molecule has 0 radical (unpaired) electrons. The lowest BCUT2D eigenvalue weighted by atomic mass is 9.86. The van der Waals surface area contributed by atoms with Gasteiger partial charge in [0.2, 0.25) is 5.95 Å². The van der Waals surface area contributed by atoms with E-state index in [1.807, 2.05) is 44.3 Å². The minimum absolute atomic E-state index is 0.239. The predicted molar refractivity (Wildman–Crippen MR) is 140 cm³/mol. The molecular formula is C26H28ClFN8. The minimum Gasteiger partial charge on any atom is -0.322 e. The topological polar surface area (TPSA) is 94.7 Å². The number of piperidine rings is 1. The summed E-state index contributed by atoms with van der Waals surface area (Å²) >= 11 is 6.24. The van der Waals surface area contributed by atoms with Crippen molar-refractivity contribution < 1.29 is 4.39 Å². The average Bonchev–Trinajstić information content (AvgIpc) is 3.29. The molecule has 10 heteroatoms. The van der Waals surface area contributed by atoms with Gasteiger partial charge in [0.05, 0.1) is 17.6 Å². The molecule has 0 spiro atoms. The van der Waals surface area contributed by atoms with Crippen LogP contribution in [0.25, 0.3) is 0 Å². The number of anilines is 4. The highest BCUT2D eigenvalue weighted by Gasteiger charge is 2.23. The van der Waals surface area contributed by atoms with E-state index in [-0.39, 0.29) is 11.8 Å². The predicted octanol–water partition coefficient (Wildman–Crippen LogP) is 5.87. The quantitative estimate of drug-likeness (QED) is 0.288. The second-order valence-electron chi connectivity index (χ2n) is 9.14. The summed E-state index contributed by atoms with van der Waals surface area (Å²) in [4.78, 5) is 15.4. The lowest BCUT2D eigenvalue weighted by Gasteiger charge is -2.32. The fourth-order valence-corrected chi connectivity index (χ4v) is 4.73. The number of nitrogens with zero attached hydrogens (tertiary/aromatic N) is 5. The van der Waals surface area contributed by atoms with Gasteiger partial charge in [0.15, 0.2) is 11.6 Å². The fraction of sp³-hybridized carbons (Fsp3) is 0.308. The van der Waals surface area contributed by atoms with E-state index in [2.05, 4.69) is 46.7 Å². The van der Waals surface area contributed by atoms with Crippen molar-refractivity contribution in [1.82, 2.24) is 30.0 Å². The third kappa shape index (κ3) is 5.63. The smallest absolute Gasteiger partial charge is 0.229 e. The number of hydrogen-bond acceptors (Lipinski definition) is 7. The zero-order valence-electron chi connectivity index (χ0n) is 20.2. The number of likely N-dealkylation sites (tertiary alicyclic amines) is 1. The van der Waals surface area contributed by atoms with Gasteiger partial charge in [-0.2, -0.15) is 10.1 Å². The molecule has 0 amide bonds. The summed E-state index contributed by atoms with van der Waals surface area (Å²) in [6.07, 6.45) is 5.27. The van der Waals surface area contributed by atoms with Crippen molar-refractivity contribution in [3.8, 4) is 0 Å². The summed E-state index contributed by atoms with van der Waals surface area (Å²) in [5.74, 6) is 1.20. The molecule has 4 aromatic rings. The first kappa shape index (κ1) is 24.1. The van der Waals surface area contributed by atoms with Gasteiger partial charge in [-0.25, -0.2) is 9.37 Å². The molecule has 1 aliphatic heterocycles. The number of hydrogen-bond donors (Lipinski definition) is 3. The van der Waals surface area contributed by atoms with Crippen LogP contribution in [-0.2, 0) is 6.54 Å². The Bertz CT molecular complexity index is 1340. The van der Waals surface area contributed by atoms with Gasteiger partial charge in [-0.3, -0.25) is 15.0 Å². The van der Waals surface area contributed by atoms with Gasteiger partial charge >= 0.3 is 0 Å².